The van der Waals surface area contributed by atoms with Gasteiger partial charge in [-0.05, 0) is 72.6 Å². The molecular weight excluding hydrogens is 486 g/mol. The number of benzene rings is 2. The number of phenols is 1. The zero-order valence-corrected chi connectivity index (χ0v) is 21.4. The summed E-state index contributed by atoms with van der Waals surface area (Å²) in [7, 11) is 0. The maximum Gasteiger partial charge on any atom is 0.130 e. The van der Waals surface area contributed by atoms with Crippen LogP contribution in [0.25, 0.3) is 22.4 Å². The second-order valence-electron chi connectivity index (χ2n) is 9.47. The third-order valence-corrected chi connectivity index (χ3v) is 6.44. The molecule has 39 heavy (non-hydrogen) atoms. The van der Waals surface area contributed by atoms with Crippen LogP contribution in [0.2, 0.25) is 0 Å². The van der Waals surface area contributed by atoms with Crippen molar-refractivity contribution >= 4 is 17.6 Å². The summed E-state index contributed by atoms with van der Waals surface area (Å²) in [5.74, 6) is 1.06. The predicted molar refractivity (Wildman–Crippen MR) is 153 cm³/mol. The van der Waals surface area contributed by atoms with Gasteiger partial charge in [0.05, 0.1) is 29.3 Å². The number of aryl methyl sites for hydroxylation is 1. The summed E-state index contributed by atoms with van der Waals surface area (Å²) >= 11 is 0. The molecule has 6 rings (SSSR count). The molecule has 0 spiro atoms. The van der Waals surface area contributed by atoms with Crippen molar-refractivity contribution in [2.24, 2.45) is 4.99 Å². The molecule has 1 saturated heterocycles. The molecule has 0 saturated carbocycles. The summed E-state index contributed by atoms with van der Waals surface area (Å²) in [6.45, 7) is 1.99. The molecule has 3 N–H and O–H groups in total. The van der Waals surface area contributed by atoms with Crippen LogP contribution in [-0.4, -0.2) is 43.5 Å². The first-order chi connectivity index (χ1) is 19.1. The van der Waals surface area contributed by atoms with E-state index in [2.05, 4.69) is 30.6 Å². The van der Waals surface area contributed by atoms with Crippen LogP contribution in [0.15, 0.2) is 102 Å². The van der Waals surface area contributed by atoms with Crippen LogP contribution in [-0.2, 0) is 6.42 Å². The number of hydrogen-bond acceptors (Lipinski definition) is 8. The van der Waals surface area contributed by atoms with E-state index < -0.39 is 0 Å². The highest BCUT2D eigenvalue weighted by Gasteiger charge is 2.36. The molecule has 2 atom stereocenters. The Morgan fingerprint density at radius 3 is 2.49 bits per heavy atom. The maximum atomic E-state index is 9.71. The van der Waals surface area contributed by atoms with Gasteiger partial charge in [-0.3, -0.25) is 20.3 Å². The molecule has 1 fully saturated rings. The van der Waals surface area contributed by atoms with E-state index in [0.717, 1.165) is 51.0 Å². The lowest BCUT2D eigenvalue weighted by molar-refractivity contribution is 0.475. The minimum absolute atomic E-state index is 0.0307. The van der Waals surface area contributed by atoms with Gasteiger partial charge in [0, 0.05) is 42.0 Å². The third-order valence-electron chi connectivity index (χ3n) is 6.44. The van der Waals surface area contributed by atoms with Crippen LogP contribution in [0.1, 0.15) is 17.2 Å². The lowest BCUT2D eigenvalue weighted by atomic mass is 10.1. The second kappa shape index (κ2) is 10.8. The quantitative estimate of drug-likeness (QED) is 0.190. The monoisotopic (exact) mass is 513 g/mol. The lowest BCUT2D eigenvalue weighted by Crippen LogP contribution is -2.06. The second-order valence-corrected chi connectivity index (χ2v) is 9.47. The lowest BCUT2D eigenvalue weighted by Gasteiger charge is -2.08. The van der Waals surface area contributed by atoms with Crippen molar-refractivity contribution in [3.8, 4) is 28.1 Å². The van der Waals surface area contributed by atoms with Crippen LogP contribution < -0.4 is 10.6 Å². The molecule has 192 valence electrons. The first-order valence-electron chi connectivity index (χ1n) is 12.8. The molecule has 2 unspecified atom stereocenters. The van der Waals surface area contributed by atoms with Crippen molar-refractivity contribution in [1.29, 1.82) is 0 Å². The van der Waals surface area contributed by atoms with E-state index >= 15 is 0 Å². The Hall–Kier alpha value is -4.95. The Labute approximate surface area is 226 Å². The molecule has 0 aliphatic carbocycles. The highest BCUT2D eigenvalue weighted by molar-refractivity contribution is 5.78. The van der Waals surface area contributed by atoms with Crippen LogP contribution in [0.3, 0.4) is 0 Å². The zero-order chi connectivity index (χ0) is 26.6. The van der Waals surface area contributed by atoms with E-state index in [1.807, 2.05) is 73.7 Å². The average Bonchev–Trinajstić information content (AvgIpc) is 3.70. The SMILES string of the molecule is Cc1cc(-c2ccncc2)nc(CC2NC2/N=C/c2ccc(Nc3ccc(-c4cccc(O)c4)cc3)cn2)n1. The Morgan fingerprint density at radius 1 is 0.897 bits per heavy atom. The van der Waals surface area contributed by atoms with Crippen molar-refractivity contribution in [2.45, 2.75) is 25.6 Å². The normalized spacial score (nSPS) is 16.3. The summed E-state index contributed by atoms with van der Waals surface area (Å²) in [4.78, 5) is 22.6. The van der Waals surface area contributed by atoms with Gasteiger partial charge in [0.25, 0.3) is 0 Å². The number of anilines is 2. The number of phenolic OH excluding ortho intramolecular Hbond substituents is 1. The van der Waals surface area contributed by atoms with Crippen LogP contribution in [0.4, 0.5) is 11.4 Å². The fourth-order valence-electron chi connectivity index (χ4n) is 4.38. The number of nitrogens with zero attached hydrogens (tertiary/aromatic N) is 5. The fraction of sp³-hybridized carbons (Fsp3) is 0.129. The molecule has 1 aliphatic heterocycles. The van der Waals surface area contributed by atoms with E-state index in [1.165, 1.54) is 0 Å². The number of aliphatic imine (C=N–C) groups is 1. The standard InChI is InChI=1S/C31H27N7O/c1-20-15-28(22-11-13-32-14-12-22)37-30(35-20)17-29-31(38-29)34-18-25-9-10-26(19-33-25)36-24-7-5-21(6-8-24)23-3-2-4-27(39)16-23/h2-16,18-19,29,31,36,38-39H,17H2,1H3/b34-18+. The minimum Gasteiger partial charge on any atom is -0.508 e. The fourth-order valence-corrected chi connectivity index (χ4v) is 4.38. The largest absolute Gasteiger partial charge is 0.508 e. The van der Waals surface area contributed by atoms with Crippen molar-refractivity contribution in [2.75, 3.05) is 5.32 Å². The highest BCUT2D eigenvalue weighted by Crippen LogP contribution is 2.26. The van der Waals surface area contributed by atoms with Crippen molar-refractivity contribution < 1.29 is 5.11 Å². The van der Waals surface area contributed by atoms with Crippen molar-refractivity contribution in [3.63, 3.8) is 0 Å². The summed E-state index contributed by atoms with van der Waals surface area (Å²) in [5, 5.41) is 16.5. The average molecular weight is 514 g/mol. The Bertz CT molecular complexity index is 1600. The van der Waals surface area contributed by atoms with E-state index in [-0.39, 0.29) is 18.0 Å². The zero-order valence-electron chi connectivity index (χ0n) is 21.4. The molecular formula is C31H27N7O. The van der Waals surface area contributed by atoms with Gasteiger partial charge in [-0.2, -0.15) is 0 Å². The molecule has 8 heteroatoms. The summed E-state index contributed by atoms with van der Waals surface area (Å²) in [6, 6.07) is 25.3. The van der Waals surface area contributed by atoms with Crippen LogP contribution >= 0.6 is 0 Å². The number of rotatable bonds is 8. The van der Waals surface area contributed by atoms with Crippen LogP contribution in [0, 0.1) is 6.92 Å². The van der Waals surface area contributed by atoms with Gasteiger partial charge >= 0.3 is 0 Å². The van der Waals surface area contributed by atoms with Gasteiger partial charge in [-0.25, -0.2) is 9.97 Å². The Balaban J connectivity index is 1.03. The van der Waals surface area contributed by atoms with Gasteiger partial charge in [-0.15, -0.1) is 0 Å². The topological polar surface area (TPSA) is 118 Å². The van der Waals surface area contributed by atoms with Gasteiger partial charge in [0.15, 0.2) is 0 Å². The maximum absolute atomic E-state index is 9.71. The molecule has 5 aromatic rings. The van der Waals surface area contributed by atoms with E-state index in [9.17, 15) is 5.11 Å². The van der Waals surface area contributed by atoms with Crippen molar-refractivity contribution in [1.82, 2.24) is 25.3 Å². The number of hydrogen-bond donors (Lipinski definition) is 3. The molecule has 4 heterocycles. The minimum atomic E-state index is 0.0307. The van der Waals surface area contributed by atoms with Crippen LogP contribution in [0.5, 0.6) is 5.75 Å². The Morgan fingerprint density at radius 2 is 1.72 bits per heavy atom. The molecule has 8 nitrogen and oxygen atoms in total. The highest BCUT2D eigenvalue weighted by atomic mass is 16.3. The van der Waals surface area contributed by atoms with Gasteiger partial charge in [-0.1, -0.05) is 24.3 Å². The predicted octanol–water partition coefficient (Wildman–Crippen LogP) is 5.32. The van der Waals surface area contributed by atoms with Gasteiger partial charge < -0.3 is 10.4 Å². The first kappa shape index (κ1) is 24.4. The smallest absolute Gasteiger partial charge is 0.130 e. The first-order valence-corrected chi connectivity index (χ1v) is 12.8. The summed E-state index contributed by atoms with van der Waals surface area (Å²) in [6.07, 6.45) is 7.88. The number of pyridine rings is 2. The molecule has 0 radical (unpaired) electrons. The van der Waals surface area contributed by atoms with E-state index in [4.69, 9.17) is 4.98 Å². The molecule has 3 aromatic heterocycles. The van der Waals surface area contributed by atoms with E-state index in [0.29, 0.717) is 6.42 Å². The third kappa shape index (κ3) is 6.14. The molecule has 0 amide bonds. The number of nitrogens with one attached hydrogen (secondary N) is 2. The van der Waals surface area contributed by atoms with Gasteiger partial charge in [0.2, 0.25) is 0 Å². The number of aromatic hydroxyl groups is 1. The molecule has 2 aromatic carbocycles. The molecule has 0 bridgehead atoms. The summed E-state index contributed by atoms with van der Waals surface area (Å²) < 4.78 is 0. The van der Waals surface area contributed by atoms with E-state index in [1.54, 1.807) is 36.9 Å². The van der Waals surface area contributed by atoms with Gasteiger partial charge in [0.1, 0.15) is 17.7 Å². The van der Waals surface area contributed by atoms with Crippen molar-refractivity contribution in [3.05, 3.63) is 115 Å². The molecule has 1 aliphatic rings. The number of aromatic nitrogens is 4. The Kier molecular flexibility index (Phi) is 6.76. The summed E-state index contributed by atoms with van der Waals surface area (Å²) in [5.41, 5.74) is 7.53.